The van der Waals surface area contributed by atoms with Gasteiger partial charge in [0.2, 0.25) is 0 Å². The molecule has 98 valence electrons. The van der Waals surface area contributed by atoms with Gasteiger partial charge in [-0.15, -0.1) is 0 Å². The average molecular weight is 249 g/mol. The third-order valence-electron chi connectivity index (χ3n) is 5.52. The van der Waals surface area contributed by atoms with Gasteiger partial charge in [0.1, 0.15) is 0 Å². The quantitative estimate of drug-likeness (QED) is 0.439. The maximum atomic E-state index is 12.2. The number of imide groups is 1. The molecule has 4 nitrogen and oxygen atoms in total. The highest BCUT2D eigenvalue weighted by Gasteiger charge is 2.67. The van der Waals surface area contributed by atoms with Gasteiger partial charge < -0.3 is 0 Å². The van der Waals surface area contributed by atoms with E-state index in [9.17, 15) is 14.8 Å². The summed E-state index contributed by atoms with van der Waals surface area (Å²) in [5.41, 5.74) is -0.530. The molecule has 0 spiro atoms. The van der Waals surface area contributed by atoms with E-state index in [4.69, 9.17) is 0 Å². The molecular formula is C14H19NO3. The first-order valence-electron chi connectivity index (χ1n) is 6.60. The van der Waals surface area contributed by atoms with Gasteiger partial charge in [-0.25, -0.2) is 0 Å². The number of hydrogen-bond acceptors (Lipinski definition) is 3. The molecular weight excluding hydrogens is 230 g/mol. The third-order valence-corrected chi connectivity index (χ3v) is 5.52. The van der Waals surface area contributed by atoms with Crippen LogP contribution < -0.4 is 0 Å². The monoisotopic (exact) mass is 249 g/mol. The smallest absolute Gasteiger partial charge is 0.258 e. The number of carbonyl (C=O) groups is 2. The van der Waals surface area contributed by atoms with Crippen molar-refractivity contribution in [2.24, 2.45) is 28.6 Å². The van der Waals surface area contributed by atoms with Crippen LogP contribution in [0.25, 0.3) is 0 Å². The number of carbonyl (C=O) groups excluding carboxylic acids is 2. The van der Waals surface area contributed by atoms with E-state index in [0.29, 0.717) is 5.06 Å². The summed E-state index contributed by atoms with van der Waals surface area (Å²) >= 11 is 0. The summed E-state index contributed by atoms with van der Waals surface area (Å²) in [6.45, 7) is 6.20. The van der Waals surface area contributed by atoms with Crippen molar-refractivity contribution in [2.75, 3.05) is 0 Å². The van der Waals surface area contributed by atoms with E-state index in [1.807, 2.05) is 6.92 Å². The van der Waals surface area contributed by atoms with Crippen LogP contribution >= 0.6 is 0 Å². The second-order valence-electron chi connectivity index (χ2n) is 6.55. The Morgan fingerprint density at radius 2 is 1.83 bits per heavy atom. The van der Waals surface area contributed by atoms with Crippen LogP contribution in [0.5, 0.6) is 0 Å². The highest BCUT2D eigenvalue weighted by molar-refractivity contribution is 6.05. The Bertz CT molecular complexity index is 470. The van der Waals surface area contributed by atoms with Crippen molar-refractivity contribution in [3.8, 4) is 0 Å². The fourth-order valence-electron chi connectivity index (χ4n) is 4.22. The van der Waals surface area contributed by atoms with Gasteiger partial charge in [-0.2, -0.15) is 5.06 Å². The normalized spacial score (nSPS) is 46.2. The molecule has 1 aliphatic heterocycles. The van der Waals surface area contributed by atoms with Crippen molar-refractivity contribution in [3.63, 3.8) is 0 Å². The molecule has 2 fully saturated rings. The van der Waals surface area contributed by atoms with Crippen LogP contribution in [0.2, 0.25) is 0 Å². The number of amides is 2. The molecule has 18 heavy (non-hydrogen) atoms. The number of nitrogens with zero attached hydrogens (tertiary/aromatic N) is 1. The summed E-state index contributed by atoms with van der Waals surface area (Å²) < 4.78 is 0. The molecule has 2 amide bonds. The summed E-state index contributed by atoms with van der Waals surface area (Å²) in [4.78, 5) is 24.3. The van der Waals surface area contributed by atoms with Crippen LogP contribution in [0.1, 0.15) is 33.6 Å². The van der Waals surface area contributed by atoms with Crippen LogP contribution in [0.3, 0.4) is 0 Å². The minimum Gasteiger partial charge on any atom is -0.278 e. The maximum absolute atomic E-state index is 12.2. The summed E-state index contributed by atoms with van der Waals surface area (Å²) in [5.74, 6) is -1.29. The molecule has 0 aromatic heterocycles. The molecule has 1 saturated heterocycles. The van der Waals surface area contributed by atoms with Crippen molar-refractivity contribution in [1.82, 2.24) is 5.06 Å². The first-order chi connectivity index (χ1) is 8.33. The lowest BCUT2D eigenvalue weighted by molar-refractivity contribution is -0.173. The van der Waals surface area contributed by atoms with Crippen LogP contribution in [-0.4, -0.2) is 22.1 Å². The Balaban J connectivity index is 2.19. The number of allylic oxidation sites excluding steroid dienone is 2. The zero-order valence-corrected chi connectivity index (χ0v) is 11.0. The van der Waals surface area contributed by atoms with E-state index in [1.165, 1.54) is 0 Å². The molecule has 0 radical (unpaired) electrons. The summed E-state index contributed by atoms with van der Waals surface area (Å²) in [6.07, 6.45) is 6.07. The summed E-state index contributed by atoms with van der Waals surface area (Å²) in [5, 5.41) is 10.0. The summed E-state index contributed by atoms with van der Waals surface area (Å²) in [6, 6.07) is 0. The molecule has 4 aliphatic rings. The lowest BCUT2D eigenvalue weighted by Gasteiger charge is -2.55. The van der Waals surface area contributed by atoms with E-state index in [0.717, 1.165) is 12.8 Å². The molecule has 4 rings (SSSR count). The molecule has 0 unspecified atom stereocenters. The van der Waals surface area contributed by atoms with Crippen LogP contribution in [0.15, 0.2) is 12.2 Å². The molecule has 0 aromatic rings. The van der Waals surface area contributed by atoms with E-state index in [-0.39, 0.29) is 28.6 Å². The SMILES string of the molecule is CC(C)[C@@]12C=C[C@@](C)(CC1)[C@H]1C(=O)N(O)C(=O)[C@H]12. The van der Waals surface area contributed by atoms with Crippen LogP contribution in [-0.2, 0) is 9.59 Å². The molecule has 0 aromatic carbocycles. The van der Waals surface area contributed by atoms with Gasteiger partial charge in [0.25, 0.3) is 11.8 Å². The lowest BCUT2D eigenvalue weighted by atomic mass is 9.46. The number of rotatable bonds is 1. The largest absolute Gasteiger partial charge is 0.278 e. The van der Waals surface area contributed by atoms with Crippen molar-refractivity contribution in [2.45, 2.75) is 33.6 Å². The minimum atomic E-state index is -0.415. The van der Waals surface area contributed by atoms with E-state index < -0.39 is 11.8 Å². The fourth-order valence-corrected chi connectivity index (χ4v) is 4.22. The number of hydrogen-bond donors (Lipinski definition) is 1. The van der Waals surface area contributed by atoms with Gasteiger partial charge in [0.05, 0.1) is 11.8 Å². The van der Waals surface area contributed by atoms with Crippen molar-refractivity contribution in [3.05, 3.63) is 12.2 Å². The predicted molar refractivity (Wildman–Crippen MR) is 64.4 cm³/mol. The zero-order valence-electron chi connectivity index (χ0n) is 11.0. The topological polar surface area (TPSA) is 57.6 Å². The Hall–Kier alpha value is -1.16. The average Bonchev–Trinajstić information content (AvgIpc) is 2.57. The first kappa shape index (κ1) is 11.9. The van der Waals surface area contributed by atoms with E-state index in [2.05, 4.69) is 26.0 Å². The zero-order chi connectivity index (χ0) is 13.3. The minimum absolute atomic E-state index is 0.257. The van der Waals surface area contributed by atoms with Gasteiger partial charge in [-0.05, 0) is 24.2 Å². The number of fused-ring (bicyclic) bond motifs is 1. The van der Waals surface area contributed by atoms with Crippen molar-refractivity contribution in [1.29, 1.82) is 0 Å². The Morgan fingerprint density at radius 3 is 2.33 bits per heavy atom. The van der Waals surface area contributed by atoms with E-state index in [1.54, 1.807) is 0 Å². The van der Waals surface area contributed by atoms with Crippen LogP contribution in [0, 0.1) is 28.6 Å². The molecule has 1 saturated carbocycles. The molecule has 1 heterocycles. The molecule has 2 bridgehead atoms. The van der Waals surface area contributed by atoms with Gasteiger partial charge in [-0.1, -0.05) is 32.9 Å². The second kappa shape index (κ2) is 3.23. The fraction of sp³-hybridized carbons (Fsp3) is 0.714. The summed E-state index contributed by atoms with van der Waals surface area (Å²) in [7, 11) is 0. The van der Waals surface area contributed by atoms with Gasteiger partial charge in [0, 0.05) is 5.41 Å². The number of hydroxylamine groups is 2. The molecule has 1 N–H and O–H groups in total. The van der Waals surface area contributed by atoms with E-state index >= 15 is 0 Å². The Labute approximate surface area is 107 Å². The Morgan fingerprint density at radius 1 is 1.22 bits per heavy atom. The third kappa shape index (κ3) is 1.10. The molecule has 4 atom stereocenters. The first-order valence-corrected chi connectivity index (χ1v) is 6.60. The lowest BCUT2D eigenvalue weighted by Crippen LogP contribution is -2.53. The van der Waals surface area contributed by atoms with Gasteiger partial charge in [0.15, 0.2) is 0 Å². The standard InChI is InChI=1S/C14H19NO3/c1-8(2)14-6-4-13(3,5-7-14)9-10(14)12(17)15(18)11(9)16/h4,6,8-10,18H,5,7H2,1-3H3/t9-,10+,13+,14-/m1/s1. The van der Waals surface area contributed by atoms with Crippen molar-refractivity contribution < 1.29 is 14.8 Å². The van der Waals surface area contributed by atoms with Gasteiger partial charge in [-0.3, -0.25) is 14.8 Å². The Kier molecular flexibility index (Phi) is 2.14. The molecule has 4 heteroatoms. The second-order valence-corrected chi connectivity index (χ2v) is 6.55. The van der Waals surface area contributed by atoms with Gasteiger partial charge >= 0.3 is 0 Å². The maximum Gasteiger partial charge on any atom is 0.258 e. The highest BCUT2D eigenvalue weighted by Crippen LogP contribution is 2.63. The predicted octanol–water partition coefficient (Wildman–Crippen LogP) is 1.99. The molecule has 3 aliphatic carbocycles. The van der Waals surface area contributed by atoms with Crippen molar-refractivity contribution >= 4 is 11.8 Å². The highest BCUT2D eigenvalue weighted by atomic mass is 16.5. The van der Waals surface area contributed by atoms with Crippen LogP contribution in [0.4, 0.5) is 0 Å².